The lowest BCUT2D eigenvalue weighted by Gasteiger charge is -2.67. The first-order valence-corrected chi connectivity index (χ1v) is 23.6. The molecule has 0 spiro atoms. The number of rotatable bonds is 12. The summed E-state index contributed by atoms with van der Waals surface area (Å²) in [7, 11) is 4.84. The van der Waals surface area contributed by atoms with Crippen LogP contribution in [-0.2, 0) is 52.2 Å². The molecule has 364 valence electrons. The standard InChI is InChI=1S/C49H72O16/c1-26-41(51)33(56-7)22-39(59-26)64-43-28(3)61-40(24-35(43)58-9)65-42-27(2)60-38(23-34(42)57-8)62-32-16-17-45(5)31(21-32)15-18-48(54)36(45)25-37(63-44(52)30-13-11-10-12-14-30)46(6)47(53,29(4)50)19-20-49(46,48)55/h10-15,26-28,32-43,51,53-55H,16-25H2,1-9H3/t26-,27-,28-,32+,33-,34+,35+,36-,37-,38+,39+,40+,41-,42-,43-,45+,46-,47-,48+,49-/m1/s1. The van der Waals surface area contributed by atoms with Gasteiger partial charge in [-0.25, -0.2) is 4.79 Å². The van der Waals surface area contributed by atoms with Crippen LogP contribution in [0.4, 0.5) is 0 Å². The number of hydrogen-bond acceptors (Lipinski definition) is 16. The van der Waals surface area contributed by atoms with E-state index in [2.05, 4.69) is 6.92 Å². The molecule has 8 rings (SSSR count). The van der Waals surface area contributed by atoms with Gasteiger partial charge in [0.1, 0.15) is 41.2 Å². The second kappa shape index (κ2) is 18.5. The van der Waals surface area contributed by atoms with E-state index in [1.165, 1.54) is 6.92 Å². The highest BCUT2D eigenvalue weighted by molar-refractivity contribution is 5.90. The van der Waals surface area contributed by atoms with Crippen LogP contribution in [0.5, 0.6) is 0 Å². The van der Waals surface area contributed by atoms with Gasteiger partial charge < -0.3 is 67.8 Å². The van der Waals surface area contributed by atoms with E-state index < -0.39 is 113 Å². The number of fused-ring (bicyclic) bond motifs is 5. The summed E-state index contributed by atoms with van der Waals surface area (Å²) in [6, 6.07) is 8.53. The highest BCUT2D eigenvalue weighted by Crippen LogP contribution is 2.71. The molecular formula is C49H72O16. The minimum absolute atomic E-state index is 0.0370. The largest absolute Gasteiger partial charge is 0.458 e. The van der Waals surface area contributed by atoms with E-state index in [4.69, 9.17) is 47.4 Å². The normalized spacial score (nSPS) is 48.6. The van der Waals surface area contributed by atoms with Gasteiger partial charge in [-0.15, -0.1) is 0 Å². The van der Waals surface area contributed by atoms with Crippen molar-refractivity contribution in [3.05, 3.63) is 47.5 Å². The number of aliphatic hydroxyl groups excluding tert-OH is 1. The van der Waals surface area contributed by atoms with Crippen molar-refractivity contribution < 1.29 is 77.4 Å². The van der Waals surface area contributed by atoms with Gasteiger partial charge in [0.05, 0.1) is 53.7 Å². The lowest BCUT2D eigenvalue weighted by molar-refractivity contribution is -0.338. The maximum Gasteiger partial charge on any atom is 0.338 e. The van der Waals surface area contributed by atoms with Crippen molar-refractivity contribution in [2.24, 2.45) is 16.7 Å². The Kier molecular flexibility index (Phi) is 13.9. The van der Waals surface area contributed by atoms with Crippen LogP contribution in [0.3, 0.4) is 0 Å². The molecule has 0 aromatic heterocycles. The molecule has 0 unspecified atom stereocenters. The number of Topliss-reactive ketones (excluding diaryl/α,β-unsaturated/α-hetero) is 1. The smallest absolute Gasteiger partial charge is 0.338 e. The monoisotopic (exact) mass is 916 g/mol. The van der Waals surface area contributed by atoms with E-state index >= 15 is 0 Å². The molecule has 16 nitrogen and oxygen atoms in total. The first-order valence-electron chi connectivity index (χ1n) is 23.6. The summed E-state index contributed by atoms with van der Waals surface area (Å²) in [5.41, 5.74) is -6.62. The van der Waals surface area contributed by atoms with Gasteiger partial charge in [-0.3, -0.25) is 4.79 Å². The summed E-state index contributed by atoms with van der Waals surface area (Å²) >= 11 is 0. The third kappa shape index (κ3) is 8.17. The molecule has 4 aliphatic carbocycles. The van der Waals surface area contributed by atoms with Crippen LogP contribution in [0.15, 0.2) is 42.0 Å². The molecule has 1 aromatic rings. The van der Waals surface area contributed by atoms with Crippen molar-refractivity contribution in [2.45, 2.75) is 209 Å². The molecule has 1 aromatic carbocycles. The third-order valence-electron chi connectivity index (χ3n) is 17.2. The van der Waals surface area contributed by atoms with Crippen molar-refractivity contribution in [2.75, 3.05) is 21.3 Å². The van der Waals surface area contributed by atoms with Crippen molar-refractivity contribution in [3.8, 4) is 0 Å². The maximum absolute atomic E-state index is 13.7. The molecule has 3 aliphatic heterocycles. The van der Waals surface area contributed by atoms with Crippen LogP contribution >= 0.6 is 0 Å². The van der Waals surface area contributed by atoms with Crippen molar-refractivity contribution in [3.63, 3.8) is 0 Å². The van der Waals surface area contributed by atoms with Crippen LogP contribution < -0.4 is 0 Å². The van der Waals surface area contributed by atoms with Gasteiger partial charge in [0, 0.05) is 46.5 Å². The zero-order valence-electron chi connectivity index (χ0n) is 39.4. The summed E-state index contributed by atoms with van der Waals surface area (Å²) in [6.45, 7) is 10.6. The van der Waals surface area contributed by atoms with Crippen LogP contribution in [0, 0.1) is 16.7 Å². The summed E-state index contributed by atoms with van der Waals surface area (Å²) in [6.07, 6.45) is -2.19. The zero-order chi connectivity index (χ0) is 46.9. The molecular weight excluding hydrogens is 845 g/mol. The molecule has 0 bridgehead atoms. The average molecular weight is 917 g/mol. The van der Waals surface area contributed by atoms with E-state index in [9.17, 15) is 30.0 Å². The molecule has 4 N–H and O–H groups in total. The van der Waals surface area contributed by atoms with Crippen molar-refractivity contribution in [1.29, 1.82) is 0 Å². The van der Waals surface area contributed by atoms with Gasteiger partial charge in [0.15, 0.2) is 24.7 Å². The number of ether oxygens (including phenoxy) is 10. The fourth-order valence-corrected chi connectivity index (χ4v) is 13.2. The van der Waals surface area contributed by atoms with Gasteiger partial charge in [0.25, 0.3) is 0 Å². The molecule has 20 atom stereocenters. The fraction of sp³-hybridized carbons (Fsp3) is 0.796. The quantitative estimate of drug-likeness (QED) is 0.170. The Morgan fingerprint density at radius 1 is 0.723 bits per heavy atom. The highest BCUT2D eigenvalue weighted by Gasteiger charge is 2.81. The number of esters is 1. The van der Waals surface area contributed by atoms with Gasteiger partial charge >= 0.3 is 5.97 Å². The van der Waals surface area contributed by atoms with Crippen LogP contribution in [0.2, 0.25) is 0 Å². The van der Waals surface area contributed by atoms with Gasteiger partial charge in [0.2, 0.25) is 0 Å². The lowest BCUT2D eigenvalue weighted by Crippen LogP contribution is -2.78. The molecule has 16 heteroatoms. The third-order valence-corrected chi connectivity index (χ3v) is 17.2. The van der Waals surface area contributed by atoms with Gasteiger partial charge in [-0.05, 0) is 97.1 Å². The van der Waals surface area contributed by atoms with E-state index in [0.717, 1.165) is 5.57 Å². The SMILES string of the molecule is CO[C@H]1C[C@H](O[C@H]2CC[C@@]3(C)C(=CC[C@]4(O)[C@@H]3C[C@@H](OC(=O)c3ccccc3)[C@@]3(C)[C@]4(O)CC[C@@]3(O)C(C)=O)C2)O[C@H](C)[C@H]1O[C@H]1C[C@H](OC)[C@H](O[C@H]2C[C@@H](OC)[C@H](O)[C@@H](C)O2)[C@@H](C)O1. The summed E-state index contributed by atoms with van der Waals surface area (Å²) in [4.78, 5) is 26.9. The Labute approximate surface area is 382 Å². The predicted octanol–water partition coefficient (Wildman–Crippen LogP) is 4.30. The zero-order valence-corrected chi connectivity index (χ0v) is 39.4. The number of methoxy groups -OCH3 is 3. The van der Waals surface area contributed by atoms with Crippen molar-refractivity contribution >= 4 is 11.8 Å². The molecule has 3 saturated heterocycles. The molecule has 6 fully saturated rings. The first-order chi connectivity index (χ1) is 30.8. The average Bonchev–Trinajstić information content (AvgIpc) is 3.51. The number of hydrogen-bond donors (Lipinski definition) is 4. The predicted molar refractivity (Wildman–Crippen MR) is 231 cm³/mol. The van der Waals surface area contributed by atoms with E-state index in [1.807, 2.05) is 19.9 Å². The molecule has 0 amide bonds. The Morgan fingerprint density at radius 2 is 1.28 bits per heavy atom. The Morgan fingerprint density at radius 3 is 1.85 bits per heavy atom. The van der Waals surface area contributed by atoms with Crippen LogP contribution in [0.25, 0.3) is 0 Å². The number of carbonyl (C=O) groups is 2. The Hall–Kier alpha value is -2.42. The highest BCUT2D eigenvalue weighted by atomic mass is 16.7. The molecule has 65 heavy (non-hydrogen) atoms. The first kappa shape index (κ1) is 49.0. The van der Waals surface area contributed by atoms with Crippen LogP contribution in [-0.4, -0.2) is 156 Å². The second-order valence-electron chi connectivity index (χ2n) is 20.3. The van der Waals surface area contributed by atoms with Gasteiger partial charge in [-0.1, -0.05) is 36.8 Å². The number of carbonyl (C=O) groups excluding carboxylic acids is 2. The molecule has 3 saturated carbocycles. The van der Waals surface area contributed by atoms with E-state index in [0.29, 0.717) is 44.1 Å². The lowest BCUT2D eigenvalue weighted by atomic mass is 9.42. The Bertz CT molecular complexity index is 1900. The Balaban J connectivity index is 0.924. The number of aliphatic hydroxyl groups is 4. The molecule has 0 radical (unpaired) electrons. The summed E-state index contributed by atoms with van der Waals surface area (Å²) in [5, 5.41) is 48.3. The van der Waals surface area contributed by atoms with E-state index in [1.54, 1.807) is 65.5 Å². The van der Waals surface area contributed by atoms with Gasteiger partial charge in [-0.2, -0.15) is 0 Å². The minimum Gasteiger partial charge on any atom is -0.458 e. The number of benzene rings is 1. The minimum atomic E-state index is -2.03. The maximum atomic E-state index is 13.7. The topological polar surface area (TPSA) is 207 Å². The van der Waals surface area contributed by atoms with Crippen LogP contribution in [0.1, 0.15) is 116 Å². The summed E-state index contributed by atoms with van der Waals surface area (Å²) in [5.74, 6) is -1.73. The van der Waals surface area contributed by atoms with E-state index in [-0.39, 0.29) is 44.0 Å². The van der Waals surface area contributed by atoms with Crippen molar-refractivity contribution in [1.82, 2.24) is 0 Å². The molecule has 3 heterocycles. The molecule has 7 aliphatic rings. The second-order valence-corrected chi connectivity index (χ2v) is 20.3. The number of ketones is 1. The fourth-order valence-electron chi connectivity index (χ4n) is 13.2. The summed E-state index contributed by atoms with van der Waals surface area (Å²) < 4.78 is 62.2.